The lowest BCUT2D eigenvalue weighted by atomic mass is 9.96. The molecule has 4 aliphatic rings. The molecule has 0 spiro atoms. The molecule has 0 radical (unpaired) electrons. The van der Waals surface area contributed by atoms with Crippen LogP contribution >= 0.6 is 34.0 Å². The molecule has 5 aromatic heterocycles. The molecule has 0 aliphatic carbocycles. The van der Waals surface area contributed by atoms with E-state index < -0.39 is 17.7 Å². The molecule has 4 aliphatic heterocycles. The van der Waals surface area contributed by atoms with Crippen molar-refractivity contribution in [2.45, 2.75) is 57.5 Å². The second-order valence-corrected chi connectivity index (χ2v) is 35.1. The third kappa shape index (κ3) is 20.5. The van der Waals surface area contributed by atoms with Crippen molar-refractivity contribution < 1.29 is 41.1 Å². The lowest BCUT2D eigenvalue weighted by molar-refractivity contribution is -0.137. The maximum Gasteiger partial charge on any atom is 0.416 e. The smallest absolute Gasteiger partial charge is 0.351 e. The maximum atomic E-state index is 13.7. The molecule has 22 heteroatoms. The van der Waals surface area contributed by atoms with Gasteiger partial charge in [0.1, 0.15) is 11.4 Å². The highest BCUT2D eigenvalue weighted by Gasteiger charge is 2.36. The highest BCUT2D eigenvalue weighted by molar-refractivity contribution is 7.21. The molecule has 2 N–H and O–H groups in total. The lowest BCUT2D eigenvalue weighted by Gasteiger charge is -2.39. The Hall–Kier alpha value is -11.7. The minimum atomic E-state index is -4.40. The maximum absolute atomic E-state index is 13.7. The molecular weight excluding hydrogens is 1610 g/mol. The standard InChI is InChI=1S/C28H26F2N2OS.C27H26N2OS.C24H23N3OS.C22H22F3N3O/c1-28(29,30)23-12-13-24-22(18-23)19-25(34-24)27(33)32-16-14-31(15-17-32)26(20-8-4-2-5-9-20)21-10-6-3-7-11-21;1-20-12-13-23-19-25(31-24(23)18-20)27(30)29-16-14-28(15-17-29)26(21-8-4-2-5-9-21)22-10-6-3-7-11-22;28-24(21-17-22-20(25-21)11-16-29-22)27-14-12-26(13-15-27)23(18-7-3-1-4-8-18)19-9-5-2-6-10-19;1-15-2-4-16(5-3-15)14-27-8-10-28(11-9-27)21(29)20-13-17-12-18(22(23,24)25)6-7-19(17)26-20/h2-13,18-19,26H,14-17H2,1H3;2-13,18-19,26H,14-17H2,1H3;1-11,16-17,23,25H,12-15H2;2-7,12-13,26H,8-11,14H2,1H3. The predicted molar refractivity (Wildman–Crippen MR) is 486 cm³/mol. The van der Waals surface area contributed by atoms with Crippen molar-refractivity contribution in [1.82, 2.24) is 49.2 Å². The van der Waals surface area contributed by atoms with Crippen LogP contribution in [0.3, 0.4) is 0 Å². The normalized spacial score (nSPS) is 15.3. The van der Waals surface area contributed by atoms with Crippen molar-refractivity contribution in [3.8, 4) is 0 Å². The zero-order chi connectivity index (χ0) is 85.1. The van der Waals surface area contributed by atoms with Gasteiger partial charge in [-0.15, -0.1) is 34.0 Å². The van der Waals surface area contributed by atoms with Gasteiger partial charge in [-0.3, -0.25) is 38.8 Å². The fourth-order valence-corrected chi connectivity index (χ4v) is 19.9. The van der Waals surface area contributed by atoms with E-state index in [1.54, 1.807) is 39.7 Å². The number of carbonyl (C=O) groups excluding carboxylic acids is 4. The minimum Gasteiger partial charge on any atom is -0.351 e. The summed E-state index contributed by atoms with van der Waals surface area (Å²) in [4.78, 5) is 77.2. The first-order valence-corrected chi connectivity index (χ1v) is 44.3. The third-order valence-electron chi connectivity index (χ3n) is 23.5. The van der Waals surface area contributed by atoms with Gasteiger partial charge in [-0.25, -0.2) is 8.78 Å². The highest BCUT2D eigenvalue weighted by Crippen LogP contribution is 2.39. The van der Waals surface area contributed by atoms with E-state index in [9.17, 15) is 41.1 Å². The summed E-state index contributed by atoms with van der Waals surface area (Å²) >= 11 is 4.64. The van der Waals surface area contributed by atoms with Gasteiger partial charge in [0, 0.05) is 144 Å². The van der Waals surface area contributed by atoms with Crippen LogP contribution in [0.4, 0.5) is 22.0 Å². The molecule has 628 valence electrons. The van der Waals surface area contributed by atoms with Crippen LogP contribution in [0.15, 0.2) is 297 Å². The van der Waals surface area contributed by atoms with E-state index in [2.05, 4.69) is 256 Å². The summed E-state index contributed by atoms with van der Waals surface area (Å²) in [5, 5.41) is 4.29. The molecule has 19 rings (SSSR count). The fourth-order valence-electron chi connectivity index (χ4n) is 17.0. The minimum absolute atomic E-state index is 0.0263. The Bertz CT molecular complexity index is 5900. The van der Waals surface area contributed by atoms with Gasteiger partial charge in [-0.05, 0) is 141 Å². The fraction of sp³-hybridized carbons (Fsp3) is 0.248. The molecule has 9 heterocycles. The number of halogens is 5. The van der Waals surface area contributed by atoms with Crippen molar-refractivity contribution in [3.05, 3.63) is 379 Å². The third-order valence-corrected chi connectivity index (χ3v) is 26.6. The molecule has 4 amide bonds. The second kappa shape index (κ2) is 38.4. The van der Waals surface area contributed by atoms with E-state index in [1.807, 2.05) is 50.4 Å². The Balaban J connectivity index is 0.000000122. The van der Waals surface area contributed by atoms with Crippen molar-refractivity contribution in [3.63, 3.8) is 0 Å². The molecule has 14 nitrogen and oxygen atoms in total. The van der Waals surface area contributed by atoms with Gasteiger partial charge in [0.25, 0.3) is 29.6 Å². The number of benzene rings is 10. The van der Waals surface area contributed by atoms with Crippen LogP contribution in [0.25, 0.3) is 41.3 Å². The number of hydrogen-bond donors (Lipinski definition) is 2. The van der Waals surface area contributed by atoms with Gasteiger partial charge in [0.15, 0.2) is 0 Å². The second-order valence-electron chi connectivity index (χ2n) is 32.0. The number of nitrogens with one attached hydrogen (secondary N) is 2. The number of thiophene rings is 3. The number of carbonyl (C=O) groups is 4. The molecule has 15 aromatic rings. The molecular formula is C101H97F5N10O4S3. The Morgan fingerprint density at radius 1 is 0.341 bits per heavy atom. The van der Waals surface area contributed by atoms with E-state index in [0.29, 0.717) is 58.7 Å². The van der Waals surface area contributed by atoms with Crippen LogP contribution < -0.4 is 0 Å². The highest BCUT2D eigenvalue weighted by atomic mass is 32.1. The average molecular weight is 1710 g/mol. The van der Waals surface area contributed by atoms with Crippen molar-refractivity contribution in [1.29, 1.82) is 0 Å². The number of alkyl halides is 5. The summed E-state index contributed by atoms with van der Waals surface area (Å²) < 4.78 is 69.3. The molecule has 10 aromatic carbocycles. The van der Waals surface area contributed by atoms with Crippen LogP contribution in [0.5, 0.6) is 0 Å². The monoisotopic (exact) mass is 1700 g/mol. The first-order valence-electron chi connectivity index (χ1n) is 41.8. The Morgan fingerprint density at radius 2 is 0.724 bits per heavy atom. The number of nitrogens with zero attached hydrogens (tertiary/aromatic N) is 8. The number of H-pyrrole nitrogens is 2. The van der Waals surface area contributed by atoms with Crippen molar-refractivity contribution >= 4 is 98.9 Å². The molecule has 123 heavy (non-hydrogen) atoms. The van der Waals surface area contributed by atoms with Crippen LogP contribution in [0.1, 0.15) is 127 Å². The van der Waals surface area contributed by atoms with E-state index in [4.69, 9.17) is 0 Å². The number of aromatic nitrogens is 2. The largest absolute Gasteiger partial charge is 0.416 e. The molecule has 0 atom stereocenters. The van der Waals surface area contributed by atoms with Crippen molar-refractivity contribution in [2.24, 2.45) is 0 Å². The number of piperazine rings is 4. The number of aromatic amines is 2. The van der Waals surface area contributed by atoms with E-state index >= 15 is 0 Å². The first kappa shape index (κ1) is 84.9. The van der Waals surface area contributed by atoms with Crippen molar-refractivity contribution in [2.75, 3.05) is 105 Å². The number of fused-ring (bicyclic) bond motifs is 4. The molecule has 4 saturated heterocycles. The molecule has 4 fully saturated rings. The average Bonchev–Trinajstić information content (AvgIpc) is 1.66. The molecule has 0 bridgehead atoms. The first-order chi connectivity index (χ1) is 59.7. The van der Waals surface area contributed by atoms with E-state index in [-0.39, 0.29) is 47.3 Å². The Kier molecular flexibility index (Phi) is 26.5. The van der Waals surface area contributed by atoms with Crippen LogP contribution in [-0.4, -0.2) is 178 Å². The van der Waals surface area contributed by atoms with Gasteiger partial charge in [-0.2, -0.15) is 13.2 Å². The number of hydrogen-bond acceptors (Lipinski definition) is 11. The van der Waals surface area contributed by atoms with Gasteiger partial charge in [0.2, 0.25) is 0 Å². The summed E-state index contributed by atoms with van der Waals surface area (Å²) in [5.74, 6) is -2.84. The Labute approximate surface area is 725 Å². The summed E-state index contributed by atoms with van der Waals surface area (Å²) in [7, 11) is 0. The molecule has 0 saturated carbocycles. The topological polar surface area (TPSA) is 126 Å². The van der Waals surface area contributed by atoms with Gasteiger partial charge >= 0.3 is 6.18 Å². The Morgan fingerprint density at radius 3 is 1.15 bits per heavy atom. The van der Waals surface area contributed by atoms with E-state index in [1.165, 1.54) is 90.4 Å². The molecule has 0 unspecified atom stereocenters. The van der Waals surface area contributed by atoms with Gasteiger partial charge < -0.3 is 29.6 Å². The summed E-state index contributed by atoms with van der Waals surface area (Å²) in [5.41, 5.74) is 13.2. The number of aryl methyl sites for hydroxylation is 2. The van der Waals surface area contributed by atoms with Gasteiger partial charge in [0.05, 0.1) is 43.7 Å². The zero-order valence-corrected chi connectivity index (χ0v) is 71.3. The SMILES string of the molecule is CC(F)(F)c1ccc2sc(C(=O)N3CCN(C(c4ccccc4)c4ccccc4)CC3)cc2c1.Cc1ccc(CN2CCN(C(=O)c3cc4cc(C(F)(F)F)ccc4[nH]3)CC2)cc1.Cc1ccc2cc(C(=O)N3CCN(C(c4ccccc4)c4ccccc4)CC3)sc2c1.O=C(c1cc2sccc2[nH]1)N1CCN(C(c2ccccc2)c2ccccc2)CC1. The summed E-state index contributed by atoms with van der Waals surface area (Å²) in [6.07, 6.45) is -4.40. The summed E-state index contributed by atoms with van der Waals surface area (Å²) in [6.45, 7) is 17.8. The lowest BCUT2D eigenvalue weighted by Crippen LogP contribution is -2.50. The number of amides is 4. The van der Waals surface area contributed by atoms with E-state index in [0.717, 1.165) is 129 Å². The van der Waals surface area contributed by atoms with Gasteiger partial charge in [-0.1, -0.05) is 230 Å². The van der Waals surface area contributed by atoms with Crippen LogP contribution in [-0.2, 0) is 18.6 Å². The van der Waals surface area contributed by atoms with Crippen LogP contribution in [0, 0.1) is 13.8 Å². The van der Waals surface area contributed by atoms with Crippen LogP contribution in [0.2, 0.25) is 0 Å². The summed E-state index contributed by atoms with van der Waals surface area (Å²) in [6, 6.07) is 96.3. The zero-order valence-electron chi connectivity index (χ0n) is 68.9. The quantitative estimate of drug-likeness (QED) is 0.0917. The number of rotatable bonds is 16. The predicted octanol–water partition coefficient (Wildman–Crippen LogP) is 21.5.